The molecule has 12 heavy (non-hydrogen) atoms. The molecule has 2 nitrogen and oxygen atoms in total. The molecule has 0 aliphatic heterocycles. The zero-order valence-electron chi connectivity index (χ0n) is 7.89. The van der Waals surface area contributed by atoms with Crippen LogP contribution in [-0.2, 0) is 0 Å². The van der Waals surface area contributed by atoms with Gasteiger partial charge in [0, 0.05) is 11.7 Å². The fourth-order valence-electron chi connectivity index (χ4n) is 1.26. The normalized spacial score (nSPS) is 13.0. The lowest BCUT2D eigenvalue weighted by Crippen LogP contribution is -2.08. The number of hydrogen-bond donors (Lipinski definition) is 2. The van der Waals surface area contributed by atoms with E-state index in [-0.39, 0.29) is 6.04 Å². The maximum atomic E-state index is 5.81. The summed E-state index contributed by atoms with van der Waals surface area (Å²) in [5, 5.41) is 0. The molecule has 0 heterocycles. The molecular weight excluding hydrogens is 148 g/mol. The largest absolute Gasteiger partial charge is 0.398 e. The highest BCUT2D eigenvalue weighted by molar-refractivity contribution is 5.52. The Morgan fingerprint density at radius 1 is 1.17 bits per heavy atom. The molecule has 0 fully saturated rings. The van der Waals surface area contributed by atoms with Crippen molar-refractivity contribution >= 4 is 5.69 Å². The lowest BCUT2D eigenvalue weighted by molar-refractivity contribution is 0.819. The molecule has 0 bridgehead atoms. The van der Waals surface area contributed by atoms with E-state index >= 15 is 0 Å². The molecule has 0 amide bonds. The smallest absolute Gasteiger partial charge is 0.0365 e. The first-order valence-corrected chi connectivity index (χ1v) is 4.14. The second kappa shape index (κ2) is 3.15. The second-order valence-corrected chi connectivity index (χ2v) is 3.35. The fourth-order valence-corrected chi connectivity index (χ4v) is 1.26. The molecule has 1 aromatic rings. The van der Waals surface area contributed by atoms with Gasteiger partial charge in [0.2, 0.25) is 0 Å². The van der Waals surface area contributed by atoms with Crippen molar-refractivity contribution in [3.05, 3.63) is 28.8 Å². The summed E-state index contributed by atoms with van der Waals surface area (Å²) in [6, 6.07) is 4.06. The molecule has 0 aliphatic carbocycles. The van der Waals surface area contributed by atoms with E-state index in [9.17, 15) is 0 Å². The van der Waals surface area contributed by atoms with Crippen molar-refractivity contribution in [3.8, 4) is 0 Å². The molecule has 0 aliphatic rings. The summed E-state index contributed by atoms with van der Waals surface area (Å²) in [5.74, 6) is 0. The summed E-state index contributed by atoms with van der Waals surface area (Å²) in [7, 11) is 0. The Kier molecular flexibility index (Phi) is 2.38. The van der Waals surface area contributed by atoms with Gasteiger partial charge in [0.1, 0.15) is 0 Å². The fraction of sp³-hybridized carbons (Fsp3) is 0.400. The molecule has 2 heteroatoms. The zero-order chi connectivity index (χ0) is 9.30. The van der Waals surface area contributed by atoms with Gasteiger partial charge in [-0.2, -0.15) is 0 Å². The molecule has 1 aromatic carbocycles. The van der Waals surface area contributed by atoms with Crippen molar-refractivity contribution in [1.29, 1.82) is 0 Å². The van der Waals surface area contributed by atoms with E-state index in [1.165, 1.54) is 11.1 Å². The molecule has 0 aromatic heterocycles. The zero-order valence-corrected chi connectivity index (χ0v) is 7.89. The first-order valence-electron chi connectivity index (χ1n) is 4.14. The second-order valence-electron chi connectivity index (χ2n) is 3.35. The third kappa shape index (κ3) is 1.59. The van der Waals surface area contributed by atoms with Crippen LogP contribution in [0.1, 0.15) is 29.7 Å². The standard InChI is InChI=1S/C10H16N2/c1-6-4-9(8(3)11)10(12)5-7(6)2/h4-5,8H,11-12H2,1-3H3. The van der Waals surface area contributed by atoms with E-state index in [1.807, 2.05) is 13.0 Å². The van der Waals surface area contributed by atoms with E-state index in [0.717, 1.165) is 11.3 Å². The van der Waals surface area contributed by atoms with Crippen molar-refractivity contribution in [2.24, 2.45) is 5.73 Å². The summed E-state index contributed by atoms with van der Waals surface area (Å²) < 4.78 is 0. The van der Waals surface area contributed by atoms with Gasteiger partial charge in [-0.3, -0.25) is 0 Å². The highest BCUT2D eigenvalue weighted by Crippen LogP contribution is 2.22. The molecular formula is C10H16N2. The van der Waals surface area contributed by atoms with E-state index in [1.54, 1.807) is 0 Å². The van der Waals surface area contributed by atoms with Gasteiger partial charge in [-0.25, -0.2) is 0 Å². The van der Waals surface area contributed by atoms with Crippen LogP contribution in [0.2, 0.25) is 0 Å². The number of nitrogen functional groups attached to an aromatic ring is 1. The highest BCUT2D eigenvalue weighted by Gasteiger charge is 2.05. The van der Waals surface area contributed by atoms with Gasteiger partial charge in [-0.1, -0.05) is 6.07 Å². The number of rotatable bonds is 1. The van der Waals surface area contributed by atoms with Crippen LogP contribution < -0.4 is 11.5 Å². The first kappa shape index (κ1) is 9.07. The Labute approximate surface area is 73.6 Å². The summed E-state index contributed by atoms with van der Waals surface area (Å²) in [4.78, 5) is 0. The summed E-state index contributed by atoms with van der Waals surface area (Å²) in [6.45, 7) is 6.07. The van der Waals surface area contributed by atoms with Crippen LogP contribution in [0.3, 0.4) is 0 Å². The molecule has 66 valence electrons. The molecule has 1 atom stereocenters. The highest BCUT2D eigenvalue weighted by atomic mass is 14.6. The quantitative estimate of drug-likeness (QED) is 0.623. The average Bonchev–Trinajstić information content (AvgIpc) is 1.96. The van der Waals surface area contributed by atoms with Crippen molar-refractivity contribution in [3.63, 3.8) is 0 Å². The van der Waals surface area contributed by atoms with Crippen LogP contribution in [0.25, 0.3) is 0 Å². The van der Waals surface area contributed by atoms with Crippen LogP contribution in [0.15, 0.2) is 12.1 Å². The topological polar surface area (TPSA) is 52.0 Å². The van der Waals surface area contributed by atoms with Gasteiger partial charge in [0.05, 0.1) is 0 Å². The van der Waals surface area contributed by atoms with Crippen LogP contribution in [0, 0.1) is 13.8 Å². The van der Waals surface area contributed by atoms with E-state index in [0.29, 0.717) is 0 Å². The molecule has 1 rings (SSSR count). The maximum absolute atomic E-state index is 5.81. The summed E-state index contributed by atoms with van der Waals surface area (Å²) >= 11 is 0. The number of hydrogen-bond acceptors (Lipinski definition) is 2. The molecule has 0 radical (unpaired) electrons. The number of benzene rings is 1. The van der Waals surface area contributed by atoms with E-state index < -0.39 is 0 Å². The number of aryl methyl sites for hydroxylation is 2. The predicted molar refractivity (Wildman–Crippen MR) is 52.9 cm³/mol. The van der Waals surface area contributed by atoms with Gasteiger partial charge in [0.25, 0.3) is 0 Å². The van der Waals surface area contributed by atoms with Crippen molar-refractivity contribution in [1.82, 2.24) is 0 Å². The summed E-state index contributed by atoms with van der Waals surface area (Å²) in [6.07, 6.45) is 0. The minimum atomic E-state index is 0.0179. The molecule has 0 saturated heterocycles. The molecule has 1 unspecified atom stereocenters. The van der Waals surface area contributed by atoms with Crippen molar-refractivity contribution < 1.29 is 0 Å². The molecule has 4 N–H and O–H groups in total. The summed E-state index contributed by atoms with van der Waals surface area (Å²) in [5.41, 5.74) is 15.9. The van der Waals surface area contributed by atoms with Gasteiger partial charge in [0.15, 0.2) is 0 Å². The van der Waals surface area contributed by atoms with Crippen LogP contribution in [-0.4, -0.2) is 0 Å². The van der Waals surface area contributed by atoms with Crippen LogP contribution >= 0.6 is 0 Å². The Balaban J connectivity index is 3.23. The Morgan fingerprint density at radius 3 is 2.17 bits per heavy atom. The molecule has 0 saturated carbocycles. The Bertz CT molecular complexity index is 290. The third-order valence-electron chi connectivity index (χ3n) is 2.19. The number of anilines is 1. The lowest BCUT2D eigenvalue weighted by Gasteiger charge is -2.12. The first-order chi connectivity index (χ1) is 5.52. The maximum Gasteiger partial charge on any atom is 0.0365 e. The van der Waals surface area contributed by atoms with Gasteiger partial charge >= 0.3 is 0 Å². The average molecular weight is 164 g/mol. The minimum Gasteiger partial charge on any atom is -0.398 e. The Morgan fingerprint density at radius 2 is 1.67 bits per heavy atom. The monoisotopic (exact) mass is 164 g/mol. The van der Waals surface area contributed by atoms with Gasteiger partial charge in [-0.05, 0) is 43.5 Å². The Hall–Kier alpha value is -1.02. The number of nitrogens with two attached hydrogens (primary N) is 2. The van der Waals surface area contributed by atoms with Gasteiger partial charge < -0.3 is 11.5 Å². The van der Waals surface area contributed by atoms with Crippen molar-refractivity contribution in [2.75, 3.05) is 5.73 Å². The minimum absolute atomic E-state index is 0.0179. The van der Waals surface area contributed by atoms with E-state index in [2.05, 4.69) is 19.9 Å². The van der Waals surface area contributed by atoms with E-state index in [4.69, 9.17) is 11.5 Å². The van der Waals surface area contributed by atoms with Crippen LogP contribution in [0.5, 0.6) is 0 Å². The van der Waals surface area contributed by atoms with Crippen LogP contribution in [0.4, 0.5) is 5.69 Å². The lowest BCUT2D eigenvalue weighted by atomic mass is 10.0. The predicted octanol–water partition coefficient (Wildman–Crippen LogP) is 1.91. The molecule has 0 spiro atoms. The van der Waals surface area contributed by atoms with Crippen molar-refractivity contribution in [2.45, 2.75) is 26.8 Å². The van der Waals surface area contributed by atoms with Gasteiger partial charge in [-0.15, -0.1) is 0 Å². The SMILES string of the molecule is Cc1cc(N)c(C(C)N)cc1C. The third-order valence-corrected chi connectivity index (χ3v) is 2.19.